The quantitative estimate of drug-likeness (QED) is 0.310. The number of nitrogens with zero attached hydrogens (tertiary/aromatic N) is 2. The summed E-state index contributed by atoms with van der Waals surface area (Å²) in [5, 5.41) is 0. The molecule has 2 aliphatic carbocycles. The molecular formula is C9H10N2O2. The van der Waals surface area contributed by atoms with Crippen LogP contribution >= 0.6 is 0 Å². The Labute approximate surface area is 75.6 Å². The molecule has 2 fully saturated rings. The molecule has 4 heteroatoms. The maximum absolute atomic E-state index is 11.4. The van der Waals surface area contributed by atoms with Gasteiger partial charge < -0.3 is 5.53 Å². The summed E-state index contributed by atoms with van der Waals surface area (Å²) in [5.41, 5.74) is 8.70. The fraction of sp³-hybridized carbons (Fsp3) is 0.667. The highest BCUT2D eigenvalue weighted by Crippen LogP contribution is 2.36. The molecule has 2 rings (SSSR count). The lowest BCUT2D eigenvalue weighted by Crippen LogP contribution is -2.22. The van der Waals surface area contributed by atoms with E-state index in [4.69, 9.17) is 5.53 Å². The molecule has 2 aliphatic rings. The summed E-state index contributed by atoms with van der Waals surface area (Å²) < 4.78 is 0. The fourth-order valence-electron chi connectivity index (χ4n) is 2.35. The molecule has 0 aliphatic heterocycles. The van der Waals surface area contributed by atoms with Gasteiger partial charge in [0.05, 0.1) is 5.92 Å². The van der Waals surface area contributed by atoms with Crippen molar-refractivity contribution in [3.63, 3.8) is 0 Å². The van der Waals surface area contributed by atoms with Crippen LogP contribution in [0.1, 0.15) is 25.7 Å². The minimum atomic E-state index is -0.570. The molecular weight excluding hydrogens is 168 g/mol. The summed E-state index contributed by atoms with van der Waals surface area (Å²) in [6.07, 6.45) is 3.59. The molecule has 0 heterocycles. The van der Waals surface area contributed by atoms with E-state index in [9.17, 15) is 9.59 Å². The summed E-state index contributed by atoms with van der Waals surface area (Å²) in [5.74, 6) is -1.21. The highest BCUT2D eigenvalue weighted by Gasteiger charge is 2.52. The zero-order valence-corrected chi connectivity index (χ0v) is 7.19. The van der Waals surface area contributed by atoms with Crippen molar-refractivity contribution in [3.05, 3.63) is 5.53 Å². The lowest BCUT2D eigenvalue weighted by atomic mass is 9.81. The molecule has 0 aromatic heterocycles. The average molecular weight is 178 g/mol. The van der Waals surface area contributed by atoms with E-state index in [1.807, 2.05) is 0 Å². The Morgan fingerprint density at radius 1 is 1.15 bits per heavy atom. The first-order chi connectivity index (χ1) is 6.25. The van der Waals surface area contributed by atoms with Crippen molar-refractivity contribution in [2.24, 2.45) is 11.8 Å². The van der Waals surface area contributed by atoms with Gasteiger partial charge in [-0.3, -0.25) is 9.59 Å². The smallest absolute Gasteiger partial charge is 0.346 e. The number of rotatable bonds is 0. The predicted octanol–water partition coefficient (Wildman–Crippen LogP) is 0.615. The number of carbonyl (C=O) groups excluding carboxylic acids is 2. The van der Waals surface area contributed by atoms with Gasteiger partial charge >= 0.3 is 11.5 Å². The van der Waals surface area contributed by atoms with Crippen molar-refractivity contribution < 1.29 is 14.4 Å². The Balaban J connectivity index is 2.40. The van der Waals surface area contributed by atoms with Crippen molar-refractivity contribution in [2.75, 3.05) is 0 Å². The van der Waals surface area contributed by atoms with Gasteiger partial charge in [-0.2, -0.15) is 4.79 Å². The molecule has 2 unspecified atom stereocenters. The molecule has 2 atom stereocenters. The third-order valence-corrected chi connectivity index (χ3v) is 3.02. The van der Waals surface area contributed by atoms with Crippen LogP contribution in [0.25, 0.3) is 5.53 Å². The second kappa shape index (κ2) is 2.89. The van der Waals surface area contributed by atoms with Gasteiger partial charge in [-0.25, -0.2) is 0 Å². The van der Waals surface area contributed by atoms with Crippen LogP contribution in [0.3, 0.4) is 0 Å². The second-order valence-electron chi connectivity index (χ2n) is 3.68. The Morgan fingerprint density at radius 3 is 2.38 bits per heavy atom. The minimum Gasteiger partial charge on any atom is -0.361 e. The molecule has 0 amide bonds. The molecule has 0 radical (unpaired) electrons. The Morgan fingerprint density at radius 2 is 1.77 bits per heavy atom. The number of fused-ring (bicyclic) bond motifs is 1. The largest absolute Gasteiger partial charge is 0.361 e. The average Bonchev–Trinajstić information content (AvgIpc) is 2.41. The van der Waals surface area contributed by atoms with Gasteiger partial charge in [0, 0.05) is 5.92 Å². The predicted molar refractivity (Wildman–Crippen MR) is 44.1 cm³/mol. The molecule has 0 spiro atoms. The van der Waals surface area contributed by atoms with Crippen LogP contribution < -0.4 is 0 Å². The standard InChI is InChI=1S/C9H10N2O2/c10-11-7-5-3-1-2-4-6(5)8(12)9(7)13/h5-6H,1-4H2. The SMILES string of the molecule is [N-]=[N+]=C1C(=O)C(=O)C2CCCCC12. The normalized spacial score (nSPS) is 33.1. The topological polar surface area (TPSA) is 70.5 Å². The molecule has 0 N–H and O–H groups in total. The number of hydrogen-bond donors (Lipinski definition) is 0. The Hall–Kier alpha value is -1.28. The van der Waals surface area contributed by atoms with Crippen molar-refractivity contribution in [1.82, 2.24) is 0 Å². The first-order valence-corrected chi connectivity index (χ1v) is 4.56. The van der Waals surface area contributed by atoms with Crippen LogP contribution in [0.4, 0.5) is 0 Å². The lowest BCUT2D eigenvalue weighted by Gasteiger charge is -2.19. The Kier molecular flexibility index (Phi) is 1.85. The van der Waals surface area contributed by atoms with Gasteiger partial charge in [-0.15, -0.1) is 0 Å². The summed E-state index contributed by atoms with van der Waals surface area (Å²) in [6, 6.07) is 0. The monoisotopic (exact) mass is 178 g/mol. The van der Waals surface area contributed by atoms with Crippen molar-refractivity contribution in [3.8, 4) is 0 Å². The molecule has 13 heavy (non-hydrogen) atoms. The van der Waals surface area contributed by atoms with E-state index >= 15 is 0 Å². The van der Waals surface area contributed by atoms with E-state index < -0.39 is 5.78 Å². The number of Topliss-reactive ketones (excluding diaryl/α,β-unsaturated/α-hetero) is 2. The second-order valence-corrected chi connectivity index (χ2v) is 3.68. The van der Waals surface area contributed by atoms with Crippen LogP contribution in [0, 0.1) is 11.8 Å². The number of hydrogen-bond acceptors (Lipinski definition) is 2. The van der Waals surface area contributed by atoms with E-state index in [1.54, 1.807) is 0 Å². The number of ketones is 2. The van der Waals surface area contributed by atoms with Gasteiger partial charge in [0.1, 0.15) is 0 Å². The minimum absolute atomic E-state index is 0.0923. The van der Waals surface area contributed by atoms with Crippen molar-refractivity contribution in [2.45, 2.75) is 25.7 Å². The molecule has 0 aromatic rings. The number of carbonyl (C=O) groups is 2. The molecule has 0 saturated heterocycles. The van der Waals surface area contributed by atoms with Crippen LogP contribution in [-0.2, 0) is 9.59 Å². The maximum atomic E-state index is 11.4. The van der Waals surface area contributed by atoms with E-state index in [-0.39, 0.29) is 23.3 Å². The first-order valence-electron chi connectivity index (χ1n) is 4.56. The molecule has 0 bridgehead atoms. The van der Waals surface area contributed by atoms with Gasteiger partial charge in [0.2, 0.25) is 5.78 Å². The van der Waals surface area contributed by atoms with Gasteiger partial charge in [-0.1, -0.05) is 12.8 Å². The summed E-state index contributed by atoms with van der Waals surface area (Å²) >= 11 is 0. The first kappa shape index (κ1) is 8.32. The van der Waals surface area contributed by atoms with Crippen LogP contribution in [-0.4, -0.2) is 22.1 Å². The Bertz CT molecular complexity index is 329. The van der Waals surface area contributed by atoms with E-state index in [1.165, 1.54) is 0 Å². The molecule has 68 valence electrons. The van der Waals surface area contributed by atoms with Crippen molar-refractivity contribution in [1.29, 1.82) is 0 Å². The van der Waals surface area contributed by atoms with E-state index in [0.717, 1.165) is 25.7 Å². The molecule has 0 aromatic carbocycles. The van der Waals surface area contributed by atoms with Gasteiger partial charge in [0.15, 0.2) is 0 Å². The van der Waals surface area contributed by atoms with Crippen molar-refractivity contribution >= 4 is 17.3 Å². The third-order valence-electron chi connectivity index (χ3n) is 3.02. The molecule has 4 nitrogen and oxygen atoms in total. The third kappa shape index (κ3) is 1.06. The summed E-state index contributed by atoms with van der Waals surface area (Å²) in [7, 11) is 0. The fourth-order valence-corrected chi connectivity index (χ4v) is 2.35. The van der Waals surface area contributed by atoms with Crippen LogP contribution in [0.5, 0.6) is 0 Å². The van der Waals surface area contributed by atoms with E-state index in [2.05, 4.69) is 4.79 Å². The van der Waals surface area contributed by atoms with Gasteiger partial charge in [-0.05, 0) is 12.8 Å². The van der Waals surface area contributed by atoms with E-state index in [0.29, 0.717) is 0 Å². The molecule has 2 saturated carbocycles. The lowest BCUT2D eigenvalue weighted by molar-refractivity contribution is -0.135. The zero-order valence-electron chi connectivity index (χ0n) is 7.19. The summed E-state index contributed by atoms with van der Waals surface area (Å²) in [6.45, 7) is 0. The highest BCUT2D eigenvalue weighted by atomic mass is 16.2. The highest BCUT2D eigenvalue weighted by molar-refractivity contribution is 6.68. The van der Waals surface area contributed by atoms with Gasteiger partial charge in [0.25, 0.3) is 0 Å². The van der Waals surface area contributed by atoms with Crippen LogP contribution in [0.2, 0.25) is 0 Å². The van der Waals surface area contributed by atoms with Crippen LogP contribution in [0.15, 0.2) is 0 Å². The maximum Gasteiger partial charge on any atom is 0.346 e. The zero-order chi connectivity index (χ0) is 9.42. The summed E-state index contributed by atoms with van der Waals surface area (Å²) in [4.78, 5) is 25.6.